The SMILES string of the molecule is O=C(Nc1ccc(CCO)cc1)c1cc(Cl)c([N+](=O)[O-])cc1[N+](=O)[O-]. The van der Waals surface area contributed by atoms with E-state index in [2.05, 4.69) is 5.32 Å². The van der Waals surface area contributed by atoms with Crippen LogP contribution >= 0.6 is 11.6 Å². The summed E-state index contributed by atoms with van der Waals surface area (Å²) in [6.07, 6.45) is 0.456. The average molecular weight is 366 g/mol. The summed E-state index contributed by atoms with van der Waals surface area (Å²) in [5.74, 6) is -0.821. The summed E-state index contributed by atoms with van der Waals surface area (Å²) in [7, 11) is 0. The van der Waals surface area contributed by atoms with Crippen molar-refractivity contribution in [3.63, 3.8) is 0 Å². The Morgan fingerprint density at radius 1 is 1.08 bits per heavy atom. The molecule has 0 aromatic heterocycles. The molecule has 25 heavy (non-hydrogen) atoms. The largest absolute Gasteiger partial charge is 0.396 e. The van der Waals surface area contributed by atoms with E-state index in [4.69, 9.17) is 16.7 Å². The van der Waals surface area contributed by atoms with Gasteiger partial charge in [0.15, 0.2) is 0 Å². The van der Waals surface area contributed by atoms with Gasteiger partial charge in [-0.3, -0.25) is 25.0 Å². The maximum atomic E-state index is 12.3. The van der Waals surface area contributed by atoms with E-state index in [9.17, 15) is 25.0 Å². The van der Waals surface area contributed by atoms with E-state index in [1.165, 1.54) is 0 Å². The Morgan fingerprint density at radius 3 is 2.20 bits per heavy atom. The highest BCUT2D eigenvalue weighted by Gasteiger charge is 2.27. The number of amides is 1. The van der Waals surface area contributed by atoms with E-state index in [0.29, 0.717) is 18.2 Å². The lowest BCUT2D eigenvalue weighted by Crippen LogP contribution is -2.14. The van der Waals surface area contributed by atoms with E-state index in [0.717, 1.165) is 11.6 Å². The van der Waals surface area contributed by atoms with Gasteiger partial charge in [0.25, 0.3) is 17.3 Å². The first-order chi connectivity index (χ1) is 11.8. The van der Waals surface area contributed by atoms with Crippen molar-refractivity contribution in [2.75, 3.05) is 11.9 Å². The number of hydrogen-bond donors (Lipinski definition) is 2. The topological polar surface area (TPSA) is 136 Å². The molecule has 0 bridgehead atoms. The number of nitro benzene ring substituents is 2. The van der Waals surface area contributed by atoms with Crippen molar-refractivity contribution in [2.45, 2.75) is 6.42 Å². The number of halogens is 1. The fourth-order valence-electron chi connectivity index (χ4n) is 2.11. The Kier molecular flexibility index (Phi) is 5.63. The standard InChI is InChI=1S/C15H12ClN3O6/c16-12-7-11(13(18(22)23)8-14(12)19(24)25)15(21)17-10-3-1-9(2-4-10)5-6-20/h1-4,7-8,20H,5-6H2,(H,17,21). The van der Waals surface area contributed by atoms with Gasteiger partial charge in [0.1, 0.15) is 10.6 Å². The number of nitro groups is 2. The molecule has 2 aromatic rings. The number of aliphatic hydroxyl groups is 1. The molecule has 0 heterocycles. The maximum absolute atomic E-state index is 12.3. The Balaban J connectivity index is 2.33. The lowest BCUT2D eigenvalue weighted by atomic mass is 10.1. The van der Waals surface area contributed by atoms with Crippen LogP contribution in [0.5, 0.6) is 0 Å². The van der Waals surface area contributed by atoms with Crippen LogP contribution in [0.3, 0.4) is 0 Å². The molecule has 10 heteroatoms. The van der Waals surface area contributed by atoms with Gasteiger partial charge in [-0.15, -0.1) is 0 Å². The lowest BCUT2D eigenvalue weighted by Gasteiger charge is -2.07. The Labute approximate surface area is 146 Å². The summed E-state index contributed by atoms with van der Waals surface area (Å²) in [5, 5.41) is 32.9. The molecule has 2 N–H and O–H groups in total. The summed E-state index contributed by atoms with van der Waals surface area (Å²) in [6, 6.07) is 8.06. The molecule has 0 fully saturated rings. The first kappa shape index (κ1) is 18.3. The van der Waals surface area contributed by atoms with Gasteiger partial charge in [0.05, 0.1) is 15.9 Å². The highest BCUT2D eigenvalue weighted by molar-refractivity contribution is 6.33. The molecule has 0 aliphatic rings. The van der Waals surface area contributed by atoms with E-state index in [1.54, 1.807) is 24.3 Å². The van der Waals surface area contributed by atoms with E-state index in [-0.39, 0.29) is 17.2 Å². The van der Waals surface area contributed by atoms with E-state index in [1.807, 2.05) is 0 Å². The van der Waals surface area contributed by atoms with Gasteiger partial charge >= 0.3 is 0 Å². The first-order valence-electron chi connectivity index (χ1n) is 6.97. The fourth-order valence-corrected chi connectivity index (χ4v) is 2.34. The zero-order chi connectivity index (χ0) is 18.6. The molecule has 0 radical (unpaired) electrons. The molecule has 130 valence electrons. The zero-order valence-electron chi connectivity index (χ0n) is 12.6. The van der Waals surface area contributed by atoms with Crippen molar-refractivity contribution in [2.24, 2.45) is 0 Å². The second-order valence-corrected chi connectivity index (χ2v) is 5.37. The molecule has 9 nitrogen and oxygen atoms in total. The quantitative estimate of drug-likeness (QED) is 0.596. The first-order valence-corrected chi connectivity index (χ1v) is 7.34. The molecule has 0 saturated heterocycles. The number of aliphatic hydroxyl groups excluding tert-OH is 1. The number of rotatable bonds is 6. The zero-order valence-corrected chi connectivity index (χ0v) is 13.4. The Hall–Kier alpha value is -3.04. The van der Waals surface area contributed by atoms with E-state index < -0.39 is 27.1 Å². The normalized spacial score (nSPS) is 10.3. The van der Waals surface area contributed by atoms with Crippen LogP contribution in [0.25, 0.3) is 0 Å². The maximum Gasteiger partial charge on any atom is 0.294 e. The van der Waals surface area contributed by atoms with Crippen molar-refractivity contribution in [1.29, 1.82) is 0 Å². The van der Waals surface area contributed by atoms with Crippen LogP contribution in [0.4, 0.5) is 17.1 Å². The summed E-state index contributed by atoms with van der Waals surface area (Å²) in [5.41, 5.74) is -0.538. The Morgan fingerprint density at radius 2 is 1.68 bits per heavy atom. The van der Waals surface area contributed by atoms with Crippen LogP contribution in [0.1, 0.15) is 15.9 Å². The predicted molar refractivity (Wildman–Crippen MR) is 89.9 cm³/mol. The third-order valence-corrected chi connectivity index (χ3v) is 3.62. The number of nitrogens with one attached hydrogen (secondary N) is 1. The smallest absolute Gasteiger partial charge is 0.294 e. The van der Waals surface area contributed by atoms with Crippen molar-refractivity contribution in [3.05, 3.63) is 72.8 Å². The highest BCUT2D eigenvalue weighted by Crippen LogP contribution is 2.32. The number of nitrogens with zero attached hydrogens (tertiary/aromatic N) is 2. The molecule has 0 atom stereocenters. The highest BCUT2D eigenvalue weighted by atomic mass is 35.5. The molecule has 1 amide bonds. The summed E-state index contributed by atoms with van der Waals surface area (Å²) in [6.45, 7) is -0.0147. The molecule has 2 aromatic carbocycles. The third-order valence-electron chi connectivity index (χ3n) is 3.32. The van der Waals surface area contributed by atoms with Crippen LogP contribution < -0.4 is 5.32 Å². The third kappa shape index (κ3) is 4.28. The fraction of sp³-hybridized carbons (Fsp3) is 0.133. The lowest BCUT2D eigenvalue weighted by molar-refractivity contribution is -0.394. The average Bonchev–Trinajstić information content (AvgIpc) is 2.56. The van der Waals surface area contributed by atoms with E-state index >= 15 is 0 Å². The van der Waals surface area contributed by atoms with Crippen LogP contribution in [0.2, 0.25) is 5.02 Å². The van der Waals surface area contributed by atoms with Crippen LogP contribution in [0.15, 0.2) is 36.4 Å². The molecule has 0 spiro atoms. The Bertz CT molecular complexity index is 838. The second kappa shape index (κ2) is 7.69. The van der Waals surface area contributed by atoms with Crippen molar-refractivity contribution in [3.8, 4) is 0 Å². The molecule has 0 saturated carbocycles. The van der Waals surface area contributed by atoms with Gasteiger partial charge in [0.2, 0.25) is 0 Å². The van der Waals surface area contributed by atoms with Crippen LogP contribution in [-0.4, -0.2) is 27.5 Å². The minimum atomic E-state index is -0.886. The molecule has 0 aliphatic heterocycles. The van der Waals surface area contributed by atoms with Crippen LogP contribution in [-0.2, 0) is 6.42 Å². The van der Waals surface area contributed by atoms with Gasteiger partial charge in [-0.1, -0.05) is 23.7 Å². The van der Waals surface area contributed by atoms with Gasteiger partial charge in [0, 0.05) is 12.3 Å². The van der Waals surface area contributed by atoms with Crippen molar-refractivity contribution >= 4 is 34.6 Å². The molecule has 0 aliphatic carbocycles. The minimum absolute atomic E-state index is 0.0147. The molecule has 0 unspecified atom stereocenters. The summed E-state index contributed by atoms with van der Waals surface area (Å²) in [4.78, 5) is 32.5. The number of carbonyl (C=O) groups excluding carboxylic acids is 1. The predicted octanol–water partition coefficient (Wildman–Crippen LogP) is 2.94. The van der Waals surface area contributed by atoms with Gasteiger partial charge in [-0.25, -0.2) is 0 Å². The number of anilines is 1. The van der Waals surface area contributed by atoms with Crippen molar-refractivity contribution < 1.29 is 19.7 Å². The number of benzene rings is 2. The molecular formula is C15H12ClN3O6. The van der Waals surface area contributed by atoms with Gasteiger partial charge in [-0.05, 0) is 30.2 Å². The van der Waals surface area contributed by atoms with Gasteiger partial charge in [-0.2, -0.15) is 0 Å². The van der Waals surface area contributed by atoms with Crippen molar-refractivity contribution in [1.82, 2.24) is 0 Å². The summed E-state index contributed by atoms with van der Waals surface area (Å²) >= 11 is 5.74. The number of hydrogen-bond acceptors (Lipinski definition) is 6. The summed E-state index contributed by atoms with van der Waals surface area (Å²) < 4.78 is 0. The van der Waals surface area contributed by atoms with Crippen LogP contribution in [0, 0.1) is 20.2 Å². The van der Waals surface area contributed by atoms with Gasteiger partial charge < -0.3 is 10.4 Å². The minimum Gasteiger partial charge on any atom is -0.396 e. The monoisotopic (exact) mass is 365 g/mol. The second-order valence-electron chi connectivity index (χ2n) is 4.96. The molecule has 2 rings (SSSR count). The number of carbonyl (C=O) groups is 1. The molecular weight excluding hydrogens is 354 g/mol.